The Morgan fingerprint density at radius 3 is 2.58 bits per heavy atom. The summed E-state index contributed by atoms with van der Waals surface area (Å²) in [6.07, 6.45) is 2.03. The fourth-order valence-electron chi connectivity index (χ4n) is 2.74. The number of carbonyl (C=O) groups is 1. The van der Waals surface area contributed by atoms with Crippen LogP contribution in [0.4, 0.5) is 0 Å². The maximum atomic E-state index is 12.8. The third-order valence-corrected chi connectivity index (χ3v) is 5.39. The number of hydrogen-bond donors (Lipinski definition) is 1. The van der Waals surface area contributed by atoms with Crippen LogP contribution in [0, 0.1) is 4.77 Å². The Labute approximate surface area is 160 Å². The average Bonchev–Trinajstić information content (AvgIpc) is 2.65. The monoisotopic (exact) mass is 385 g/mol. The van der Waals surface area contributed by atoms with Gasteiger partial charge in [-0.15, -0.1) is 11.8 Å². The molecule has 0 bridgehead atoms. The number of hydrogen-bond acceptors (Lipinski definition) is 4. The van der Waals surface area contributed by atoms with E-state index in [1.165, 1.54) is 9.46 Å². The van der Waals surface area contributed by atoms with Crippen molar-refractivity contribution in [1.29, 1.82) is 0 Å². The first-order valence-electron chi connectivity index (χ1n) is 8.02. The second kappa shape index (κ2) is 7.47. The molecule has 0 saturated carbocycles. The van der Waals surface area contributed by atoms with Gasteiger partial charge < -0.3 is 9.88 Å². The van der Waals surface area contributed by atoms with E-state index >= 15 is 0 Å². The first-order chi connectivity index (χ1) is 12.4. The summed E-state index contributed by atoms with van der Waals surface area (Å²) in [5.74, 6) is -0.110. The lowest BCUT2D eigenvalue weighted by Crippen LogP contribution is -2.26. The van der Waals surface area contributed by atoms with E-state index in [9.17, 15) is 9.59 Å². The number of thioether (sulfide) groups is 1. The topological polar surface area (TPSA) is 58.1 Å². The highest BCUT2D eigenvalue weighted by Crippen LogP contribution is 2.17. The molecule has 1 N–H and O–H groups in total. The van der Waals surface area contributed by atoms with Crippen molar-refractivity contribution in [2.45, 2.75) is 11.4 Å². The molecular formula is C19H19N3O2S2. The van der Waals surface area contributed by atoms with Crippen molar-refractivity contribution in [3.8, 4) is 0 Å². The Bertz CT molecular complexity index is 1080. The Hall–Kier alpha value is -2.38. The molecule has 1 heterocycles. The van der Waals surface area contributed by atoms with Crippen LogP contribution in [0.25, 0.3) is 10.9 Å². The van der Waals surface area contributed by atoms with Gasteiger partial charge >= 0.3 is 0 Å². The Kier molecular flexibility index (Phi) is 5.29. The third kappa shape index (κ3) is 3.59. The minimum atomic E-state index is -0.176. The van der Waals surface area contributed by atoms with Gasteiger partial charge in [-0.25, -0.2) is 0 Å². The van der Waals surface area contributed by atoms with Gasteiger partial charge in [-0.1, -0.05) is 12.1 Å². The lowest BCUT2D eigenvalue weighted by Gasteiger charge is -2.18. The second-order valence-electron chi connectivity index (χ2n) is 6.06. The summed E-state index contributed by atoms with van der Waals surface area (Å²) in [6, 6.07) is 13.2. The predicted molar refractivity (Wildman–Crippen MR) is 108 cm³/mol. The van der Waals surface area contributed by atoms with Gasteiger partial charge in [0.25, 0.3) is 11.5 Å². The number of carbonyl (C=O) groups excluding carboxylic acids is 1. The Morgan fingerprint density at radius 2 is 1.92 bits per heavy atom. The van der Waals surface area contributed by atoms with Crippen molar-refractivity contribution in [3.05, 3.63) is 68.7 Å². The molecule has 0 aliphatic rings. The summed E-state index contributed by atoms with van der Waals surface area (Å²) in [4.78, 5) is 30.8. The summed E-state index contributed by atoms with van der Waals surface area (Å²) < 4.78 is 1.71. The molecule has 134 valence electrons. The van der Waals surface area contributed by atoms with E-state index in [0.29, 0.717) is 27.8 Å². The highest BCUT2D eigenvalue weighted by Gasteiger charge is 2.14. The zero-order valence-corrected chi connectivity index (χ0v) is 16.4. The van der Waals surface area contributed by atoms with Gasteiger partial charge in [-0.2, -0.15) is 0 Å². The third-order valence-electron chi connectivity index (χ3n) is 4.27. The quantitative estimate of drug-likeness (QED) is 0.551. The lowest BCUT2D eigenvalue weighted by atomic mass is 10.1. The van der Waals surface area contributed by atoms with Crippen LogP contribution in [-0.4, -0.2) is 33.7 Å². The van der Waals surface area contributed by atoms with E-state index in [1.807, 2.05) is 30.5 Å². The van der Waals surface area contributed by atoms with Crippen molar-refractivity contribution in [3.63, 3.8) is 0 Å². The summed E-state index contributed by atoms with van der Waals surface area (Å²) in [5.41, 5.74) is 1.97. The van der Waals surface area contributed by atoms with Crippen LogP contribution in [0.3, 0.4) is 0 Å². The van der Waals surface area contributed by atoms with E-state index in [1.54, 1.807) is 49.0 Å². The minimum Gasteiger partial charge on any atom is -0.337 e. The molecule has 0 aliphatic heterocycles. The van der Waals surface area contributed by atoms with Crippen LogP contribution in [0.15, 0.2) is 52.2 Å². The Morgan fingerprint density at radius 1 is 1.23 bits per heavy atom. The number of aromatic nitrogens is 2. The summed E-state index contributed by atoms with van der Waals surface area (Å²) >= 11 is 6.83. The van der Waals surface area contributed by atoms with Crippen LogP contribution < -0.4 is 5.56 Å². The largest absolute Gasteiger partial charge is 0.337 e. The van der Waals surface area contributed by atoms with Crippen molar-refractivity contribution in [2.75, 3.05) is 13.3 Å². The van der Waals surface area contributed by atoms with Gasteiger partial charge in [-0.05, 0) is 54.4 Å². The Balaban J connectivity index is 1.87. The zero-order chi connectivity index (χ0) is 18.8. The molecule has 26 heavy (non-hydrogen) atoms. The van der Waals surface area contributed by atoms with Gasteiger partial charge in [0.05, 0.1) is 10.9 Å². The maximum Gasteiger partial charge on any atom is 0.261 e. The molecule has 3 rings (SSSR count). The molecule has 0 atom stereocenters. The van der Waals surface area contributed by atoms with Crippen molar-refractivity contribution < 1.29 is 4.79 Å². The first kappa shape index (κ1) is 18.4. The van der Waals surface area contributed by atoms with Crippen LogP contribution in [0.1, 0.15) is 15.9 Å². The standard InChI is InChI=1S/C19H19N3O2S2/c1-21(11-12-4-7-14(26-3)8-5-12)17(23)13-6-9-15-16(10-13)20-19(25)22(2)18(15)24/h4-10H,11H2,1-3H3,(H,20,25). The van der Waals surface area contributed by atoms with Crippen LogP contribution in [-0.2, 0) is 13.6 Å². The van der Waals surface area contributed by atoms with E-state index in [0.717, 1.165) is 5.56 Å². The number of aromatic amines is 1. The smallest absolute Gasteiger partial charge is 0.261 e. The number of amides is 1. The normalized spacial score (nSPS) is 10.9. The molecule has 0 radical (unpaired) electrons. The molecule has 2 aromatic carbocycles. The molecule has 7 heteroatoms. The molecule has 0 unspecified atom stereocenters. The van der Waals surface area contributed by atoms with Crippen molar-refractivity contribution >= 4 is 40.8 Å². The lowest BCUT2D eigenvalue weighted by molar-refractivity contribution is 0.0785. The first-order valence-corrected chi connectivity index (χ1v) is 9.65. The molecule has 0 saturated heterocycles. The fraction of sp³-hybridized carbons (Fsp3) is 0.211. The predicted octanol–water partition coefficient (Wildman–Crippen LogP) is 3.59. The van der Waals surface area contributed by atoms with Crippen LogP contribution in [0.2, 0.25) is 0 Å². The van der Waals surface area contributed by atoms with E-state index in [2.05, 4.69) is 4.98 Å². The molecule has 0 fully saturated rings. The van der Waals surface area contributed by atoms with E-state index in [4.69, 9.17) is 12.2 Å². The highest BCUT2D eigenvalue weighted by molar-refractivity contribution is 7.98. The molecule has 3 aromatic rings. The van der Waals surface area contributed by atoms with E-state index in [-0.39, 0.29) is 11.5 Å². The van der Waals surface area contributed by atoms with Gasteiger partial charge in [0, 0.05) is 31.1 Å². The average molecular weight is 386 g/mol. The molecule has 1 aromatic heterocycles. The molecule has 0 spiro atoms. The number of benzene rings is 2. The molecule has 1 amide bonds. The summed E-state index contributed by atoms with van der Waals surface area (Å²) in [5, 5.41) is 0.507. The number of H-pyrrole nitrogens is 1. The SMILES string of the molecule is CSc1ccc(CN(C)C(=O)c2ccc3c(=O)n(C)c(=S)[nH]c3c2)cc1. The molecule has 5 nitrogen and oxygen atoms in total. The summed E-state index contributed by atoms with van der Waals surface area (Å²) in [7, 11) is 3.39. The zero-order valence-electron chi connectivity index (χ0n) is 14.8. The van der Waals surface area contributed by atoms with Gasteiger partial charge in [0.2, 0.25) is 0 Å². The number of fused-ring (bicyclic) bond motifs is 1. The van der Waals surface area contributed by atoms with Crippen LogP contribution >= 0.6 is 24.0 Å². The number of nitrogens with zero attached hydrogens (tertiary/aromatic N) is 2. The second-order valence-corrected chi connectivity index (χ2v) is 7.33. The van der Waals surface area contributed by atoms with Gasteiger partial charge in [-0.3, -0.25) is 14.2 Å². The van der Waals surface area contributed by atoms with Crippen molar-refractivity contribution in [1.82, 2.24) is 14.5 Å². The maximum absolute atomic E-state index is 12.8. The minimum absolute atomic E-state index is 0.110. The fourth-order valence-corrected chi connectivity index (χ4v) is 3.34. The highest BCUT2D eigenvalue weighted by atomic mass is 32.2. The molecular weight excluding hydrogens is 366 g/mol. The molecule has 0 aliphatic carbocycles. The van der Waals surface area contributed by atoms with Gasteiger partial charge in [0.1, 0.15) is 0 Å². The van der Waals surface area contributed by atoms with E-state index < -0.39 is 0 Å². The van der Waals surface area contributed by atoms with Gasteiger partial charge in [0.15, 0.2) is 4.77 Å². The van der Waals surface area contributed by atoms with Crippen LogP contribution in [0.5, 0.6) is 0 Å². The van der Waals surface area contributed by atoms with Crippen molar-refractivity contribution in [2.24, 2.45) is 7.05 Å². The summed E-state index contributed by atoms with van der Waals surface area (Å²) in [6.45, 7) is 0.512. The number of rotatable bonds is 4. The number of nitrogens with one attached hydrogen (secondary N) is 1.